The van der Waals surface area contributed by atoms with Gasteiger partial charge in [0.2, 0.25) is 0 Å². The normalized spacial score (nSPS) is 11.6. The van der Waals surface area contributed by atoms with Crippen LogP contribution in [0.5, 0.6) is 0 Å². The molecule has 0 aliphatic carbocycles. The van der Waals surface area contributed by atoms with Gasteiger partial charge in [-0.3, -0.25) is 0 Å². The van der Waals surface area contributed by atoms with Crippen molar-refractivity contribution in [2.75, 3.05) is 0 Å². The number of nitrogens with two attached hydrogens (primary N) is 1. The second-order valence-corrected chi connectivity index (χ2v) is 4.62. The van der Waals surface area contributed by atoms with Crippen molar-refractivity contribution in [3.05, 3.63) is 21.7 Å². The van der Waals surface area contributed by atoms with Gasteiger partial charge in [-0.15, -0.1) is 0 Å². The minimum absolute atomic E-state index is 0.176. The van der Waals surface area contributed by atoms with Crippen molar-refractivity contribution in [1.29, 1.82) is 0 Å². The van der Waals surface area contributed by atoms with Gasteiger partial charge in [0.15, 0.2) is 5.03 Å². The third kappa shape index (κ3) is 2.11. The zero-order valence-electron chi connectivity index (χ0n) is 5.66. The van der Waals surface area contributed by atoms with Gasteiger partial charge >= 0.3 is 0 Å². The first kappa shape index (κ1) is 9.81. The van der Waals surface area contributed by atoms with Crippen LogP contribution < -0.4 is 5.14 Å². The Morgan fingerprint density at radius 3 is 2.58 bits per heavy atom. The molecule has 12 heavy (non-hydrogen) atoms. The van der Waals surface area contributed by atoms with Gasteiger partial charge in [-0.1, -0.05) is 0 Å². The van der Waals surface area contributed by atoms with Gasteiger partial charge in [0.05, 0.1) is 9.77 Å². The maximum absolute atomic E-state index is 12.4. The number of sulfonamides is 1. The molecule has 4 nitrogen and oxygen atoms in total. The molecule has 0 atom stereocenters. The van der Waals surface area contributed by atoms with Gasteiger partial charge in [0, 0.05) is 0 Å². The van der Waals surface area contributed by atoms with Crippen LogP contribution in [0.2, 0.25) is 0 Å². The highest BCUT2D eigenvalue weighted by Crippen LogP contribution is 2.14. The standard InChI is InChI=1S/C5H4FIN2O2S/c6-3-1-4(7)5(9-2-3)12(8,10)11/h1-2H,(H2,8,10,11). The lowest BCUT2D eigenvalue weighted by atomic mass is 10.5. The topological polar surface area (TPSA) is 73.1 Å². The van der Waals surface area contributed by atoms with E-state index in [-0.39, 0.29) is 8.60 Å². The zero-order valence-corrected chi connectivity index (χ0v) is 8.63. The van der Waals surface area contributed by atoms with Crippen LogP contribution in [0.3, 0.4) is 0 Å². The highest BCUT2D eigenvalue weighted by Gasteiger charge is 2.14. The van der Waals surface area contributed by atoms with Gasteiger partial charge in [-0.2, -0.15) is 0 Å². The van der Waals surface area contributed by atoms with E-state index in [1.165, 1.54) is 0 Å². The molecule has 2 N–H and O–H groups in total. The molecule has 1 aromatic rings. The number of hydrogen-bond acceptors (Lipinski definition) is 3. The Hall–Kier alpha value is -0.280. The summed E-state index contributed by atoms with van der Waals surface area (Å²) in [5, 5.41) is 4.49. The van der Waals surface area contributed by atoms with E-state index >= 15 is 0 Å². The molecule has 66 valence electrons. The van der Waals surface area contributed by atoms with Crippen molar-refractivity contribution in [2.24, 2.45) is 5.14 Å². The average Bonchev–Trinajstić information content (AvgIpc) is 1.83. The summed E-state index contributed by atoms with van der Waals surface area (Å²) in [7, 11) is -3.84. The van der Waals surface area contributed by atoms with Crippen molar-refractivity contribution in [1.82, 2.24) is 4.98 Å². The summed E-state index contributed by atoms with van der Waals surface area (Å²) in [5.74, 6) is -0.591. The lowest BCUT2D eigenvalue weighted by molar-refractivity contribution is 0.588. The highest BCUT2D eigenvalue weighted by molar-refractivity contribution is 14.1. The Morgan fingerprint density at radius 2 is 2.17 bits per heavy atom. The van der Waals surface area contributed by atoms with Crippen LogP contribution in [0.4, 0.5) is 4.39 Å². The van der Waals surface area contributed by atoms with Crippen LogP contribution in [0.25, 0.3) is 0 Å². The van der Waals surface area contributed by atoms with Gasteiger partial charge in [0.25, 0.3) is 10.0 Å². The van der Waals surface area contributed by atoms with E-state index in [1.54, 1.807) is 22.6 Å². The molecular formula is C5H4FIN2O2S. The molecule has 1 rings (SSSR count). The molecule has 0 saturated heterocycles. The van der Waals surface area contributed by atoms with E-state index in [2.05, 4.69) is 4.98 Å². The quantitative estimate of drug-likeness (QED) is 0.767. The lowest BCUT2D eigenvalue weighted by Gasteiger charge is -1.98. The number of rotatable bonds is 1. The number of nitrogens with zero attached hydrogens (tertiary/aromatic N) is 1. The molecule has 0 saturated carbocycles. The van der Waals surface area contributed by atoms with Crippen LogP contribution in [0.1, 0.15) is 0 Å². The average molecular weight is 302 g/mol. The van der Waals surface area contributed by atoms with E-state index in [0.717, 1.165) is 12.3 Å². The largest absolute Gasteiger partial charge is 0.256 e. The Labute approximate surface area is 82.2 Å². The molecule has 0 fully saturated rings. The molecule has 0 radical (unpaired) electrons. The van der Waals surface area contributed by atoms with Crippen LogP contribution in [-0.2, 0) is 10.0 Å². The van der Waals surface area contributed by atoms with Gasteiger partial charge in [-0.05, 0) is 28.7 Å². The van der Waals surface area contributed by atoms with Gasteiger partial charge in [-0.25, -0.2) is 22.9 Å². The summed E-state index contributed by atoms with van der Waals surface area (Å²) >= 11 is 1.65. The molecule has 7 heteroatoms. The maximum atomic E-state index is 12.4. The Balaban J connectivity index is 3.39. The fraction of sp³-hybridized carbons (Fsp3) is 0. The summed E-state index contributed by atoms with van der Waals surface area (Å²) in [5.41, 5.74) is 0. The minimum Gasteiger partial charge on any atom is -0.239 e. The molecule has 0 aliphatic heterocycles. The summed E-state index contributed by atoms with van der Waals surface area (Å²) in [6, 6.07) is 1.05. The van der Waals surface area contributed by atoms with Crippen LogP contribution in [0, 0.1) is 9.39 Å². The molecule has 0 bridgehead atoms. The second kappa shape index (κ2) is 3.23. The monoisotopic (exact) mass is 302 g/mol. The van der Waals surface area contributed by atoms with E-state index in [9.17, 15) is 12.8 Å². The number of aromatic nitrogens is 1. The Bertz CT molecular complexity index is 406. The summed E-state index contributed by atoms with van der Waals surface area (Å²) in [4.78, 5) is 3.35. The second-order valence-electron chi connectivity index (χ2n) is 1.99. The minimum atomic E-state index is -3.84. The molecule has 0 spiro atoms. The van der Waals surface area contributed by atoms with Crippen molar-refractivity contribution in [2.45, 2.75) is 5.03 Å². The smallest absolute Gasteiger partial charge is 0.239 e. The number of hydrogen-bond donors (Lipinski definition) is 1. The SMILES string of the molecule is NS(=O)(=O)c1ncc(F)cc1I. The third-order valence-corrected chi connectivity index (χ3v) is 3.10. The van der Waals surface area contributed by atoms with E-state index < -0.39 is 15.8 Å². The van der Waals surface area contributed by atoms with Crippen LogP contribution in [0.15, 0.2) is 17.3 Å². The first-order chi connectivity index (χ1) is 5.41. The first-order valence-corrected chi connectivity index (χ1v) is 5.37. The fourth-order valence-corrected chi connectivity index (χ4v) is 2.50. The zero-order chi connectivity index (χ0) is 9.35. The molecule has 1 aromatic heterocycles. The number of pyridine rings is 1. The number of primary sulfonamides is 1. The van der Waals surface area contributed by atoms with E-state index in [0.29, 0.717) is 0 Å². The molecule has 0 unspecified atom stereocenters. The maximum Gasteiger partial charge on any atom is 0.256 e. The molecule has 0 aromatic carbocycles. The summed E-state index contributed by atoms with van der Waals surface area (Å²) in [6.07, 6.45) is 0.807. The highest BCUT2D eigenvalue weighted by atomic mass is 127. The fourth-order valence-electron chi connectivity index (χ4n) is 0.611. The van der Waals surface area contributed by atoms with Crippen LogP contribution >= 0.6 is 22.6 Å². The third-order valence-electron chi connectivity index (χ3n) is 1.04. The predicted octanol–water partition coefficient (Wildman–Crippen LogP) is 0.473. The first-order valence-electron chi connectivity index (χ1n) is 2.75. The molecule has 0 amide bonds. The van der Waals surface area contributed by atoms with E-state index in [4.69, 9.17) is 5.14 Å². The van der Waals surface area contributed by atoms with E-state index in [1.807, 2.05) is 0 Å². The Morgan fingerprint density at radius 1 is 1.58 bits per heavy atom. The van der Waals surface area contributed by atoms with Crippen molar-refractivity contribution >= 4 is 32.6 Å². The lowest BCUT2D eigenvalue weighted by Crippen LogP contribution is -2.15. The Kier molecular flexibility index (Phi) is 2.64. The van der Waals surface area contributed by atoms with Crippen molar-refractivity contribution < 1.29 is 12.8 Å². The number of halogens is 2. The summed E-state index contributed by atoms with van der Waals surface area (Å²) < 4.78 is 34.1. The van der Waals surface area contributed by atoms with Crippen molar-refractivity contribution in [3.8, 4) is 0 Å². The molecule has 0 aliphatic rings. The van der Waals surface area contributed by atoms with Crippen LogP contribution in [-0.4, -0.2) is 13.4 Å². The molecule has 1 heterocycles. The van der Waals surface area contributed by atoms with Crippen molar-refractivity contribution in [3.63, 3.8) is 0 Å². The summed E-state index contributed by atoms with van der Waals surface area (Å²) in [6.45, 7) is 0. The predicted molar refractivity (Wildman–Crippen MR) is 48.3 cm³/mol. The van der Waals surface area contributed by atoms with Gasteiger partial charge in [0.1, 0.15) is 5.82 Å². The molecular weight excluding hydrogens is 298 g/mol. The van der Waals surface area contributed by atoms with Gasteiger partial charge < -0.3 is 0 Å².